The zero-order valence-corrected chi connectivity index (χ0v) is 9.43. The predicted molar refractivity (Wildman–Crippen MR) is 52.6 cm³/mol. The zero-order chi connectivity index (χ0) is 12.5. The van der Waals surface area contributed by atoms with Gasteiger partial charge in [0.05, 0.1) is 11.6 Å². The lowest BCUT2D eigenvalue weighted by atomic mass is 10.2. The van der Waals surface area contributed by atoms with Gasteiger partial charge >= 0.3 is 6.18 Å². The Bertz CT molecular complexity index is 400. The van der Waals surface area contributed by atoms with E-state index in [-0.39, 0.29) is 17.5 Å². The molecule has 1 aromatic heterocycles. The van der Waals surface area contributed by atoms with Crippen molar-refractivity contribution in [2.24, 2.45) is 0 Å². The van der Waals surface area contributed by atoms with Crippen molar-refractivity contribution in [2.75, 3.05) is 0 Å². The number of aromatic nitrogens is 2. The number of nitrogens with zero attached hydrogens (tertiary/aromatic N) is 2. The molecule has 0 fully saturated rings. The first-order valence-corrected chi connectivity index (χ1v) is 5.01. The highest BCUT2D eigenvalue weighted by Gasteiger charge is 2.39. The van der Waals surface area contributed by atoms with Crippen LogP contribution in [0.5, 0.6) is 0 Å². The van der Waals surface area contributed by atoms with Crippen molar-refractivity contribution in [2.45, 2.75) is 32.5 Å². The second-order valence-corrected chi connectivity index (χ2v) is 3.73. The fourth-order valence-electron chi connectivity index (χ4n) is 1.21. The summed E-state index contributed by atoms with van der Waals surface area (Å²) in [5.74, 6) is 0. The van der Waals surface area contributed by atoms with Crippen LogP contribution >= 0.6 is 11.6 Å². The lowest BCUT2D eigenvalue weighted by Gasteiger charge is -2.09. The largest absolute Gasteiger partial charge is 0.435 e. The second-order valence-electron chi connectivity index (χ2n) is 3.37. The molecule has 16 heavy (non-hydrogen) atoms. The molecule has 0 aliphatic heterocycles. The van der Waals surface area contributed by atoms with E-state index in [1.165, 1.54) is 0 Å². The standard InChI is InChI=1S/C9H10ClF3N2O/c1-3-5(2)15-8(10)6(4-16)7(14-15)9(11,12)13/h4-5H,3H2,1-2H3. The number of hydrogen-bond donors (Lipinski definition) is 0. The van der Waals surface area contributed by atoms with Gasteiger partial charge < -0.3 is 0 Å². The van der Waals surface area contributed by atoms with Crippen LogP contribution in [0.1, 0.15) is 42.4 Å². The molecule has 1 heterocycles. The first-order valence-electron chi connectivity index (χ1n) is 4.63. The second kappa shape index (κ2) is 4.45. The van der Waals surface area contributed by atoms with Crippen molar-refractivity contribution in [3.63, 3.8) is 0 Å². The number of aldehydes is 1. The van der Waals surface area contributed by atoms with Gasteiger partial charge in [0.15, 0.2) is 12.0 Å². The van der Waals surface area contributed by atoms with E-state index in [2.05, 4.69) is 5.10 Å². The molecular weight excluding hydrogens is 245 g/mol. The van der Waals surface area contributed by atoms with E-state index < -0.39 is 17.4 Å². The van der Waals surface area contributed by atoms with E-state index in [0.29, 0.717) is 6.42 Å². The van der Waals surface area contributed by atoms with Crippen molar-refractivity contribution in [3.8, 4) is 0 Å². The van der Waals surface area contributed by atoms with Gasteiger partial charge in [-0.15, -0.1) is 0 Å². The van der Waals surface area contributed by atoms with E-state index in [1.54, 1.807) is 13.8 Å². The first-order chi connectivity index (χ1) is 7.32. The summed E-state index contributed by atoms with van der Waals surface area (Å²) in [6.07, 6.45) is -4.02. The molecular formula is C9H10ClF3N2O. The first kappa shape index (κ1) is 13.0. The number of alkyl halides is 3. The maximum absolute atomic E-state index is 12.5. The fraction of sp³-hybridized carbons (Fsp3) is 0.556. The molecule has 1 aromatic rings. The van der Waals surface area contributed by atoms with E-state index in [1.807, 2.05) is 0 Å². The van der Waals surface area contributed by atoms with E-state index in [0.717, 1.165) is 4.68 Å². The smallest absolute Gasteiger partial charge is 0.298 e. The number of carbonyl (C=O) groups is 1. The zero-order valence-electron chi connectivity index (χ0n) is 8.68. The Morgan fingerprint density at radius 1 is 1.56 bits per heavy atom. The van der Waals surface area contributed by atoms with Gasteiger partial charge in [-0.3, -0.25) is 4.79 Å². The van der Waals surface area contributed by atoms with Crippen LogP contribution in [0.3, 0.4) is 0 Å². The normalized spacial score (nSPS) is 13.9. The molecule has 1 atom stereocenters. The van der Waals surface area contributed by atoms with Gasteiger partial charge in [0.1, 0.15) is 5.15 Å². The van der Waals surface area contributed by atoms with Gasteiger partial charge in [-0.2, -0.15) is 18.3 Å². The van der Waals surface area contributed by atoms with Gasteiger partial charge in [0.25, 0.3) is 0 Å². The van der Waals surface area contributed by atoms with Gasteiger partial charge in [-0.05, 0) is 13.3 Å². The Hall–Kier alpha value is -1.04. The average Bonchev–Trinajstić information content (AvgIpc) is 2.53. The monoisotopic (exact) mass is 254 g/mol. The van der Waals surface area contributed by atoms with Crippen molar-refractivity contribution < 1.29 is 18.0 Å². The van der Waals surface area contributed by atoms with Crippen molar-refractivity contribution >= 4 is 17.9 Å². The third-order valence-corrected chi connectivity index (χ3v) is 2.66. The molecule has 3 nitrogen and oxygen atoms in total. The van der Waals surface area contributed by atoms with Gasteiger partial charge in [-0.1, -0.05) is 18.5 Å². The molecule has 7 heteroatoms. The van der Waals surface area contributed by atoms with Gasteiger partial charge in [0, 0.05) is 0 Å². The highest BCUT2D eigenvalue weighted by Crippen LogP contribution is 2.34. The SMILES string of the molecule is CCC(C)n1nc(C(F)(F)F)c(C=O)c1Cl. The Kier molecular flexibility index (Phi) is 3.62. The molecule has 0 saturated carbocycles. The summed E-state index contributed by atoms with van der Waals surface area (Å²) in [5.41, 5.74) is -1.83. The molecule has 0 radical (unpaired) electrons. The van der Waals surface area contributed by atoms with E-state index in [9.17, 15) is 18.0 Å². The molecule has 0 aromatic carbocycles. The third-order valence-electron chi connectivity index (χ3n) is 2.28. The molecule has 0 aliphatic carbocycles. The number of rotatable bonds is 3. The summed E-state index contributed by atoms with van der Waals surface area (Å²) >= 11 is 5.68. The Morgan fingerprint density at radius 2 is 2.12 bits per heavy atom. The predicted octanol–water partition coefficient (Wildman–Crippen LogP) is 3.34. The quantitative estimate of drug-likeness (QED) is 0.776. The molecule has 1 rings (SSSR count). The molecule has 0 amide bonds. The third kappa shape index (κ3) is 2.21. The topological polar surface area (TPSA) is 34.9 Å². The van der Waals surface area contributed by atoms with Crippen LogP contribution in [-0.2, 0) is 6.18 Å². The number of hydrogen-bond acceptors (Lipinski definition) is 2. The summed E-state index contributed by atoms with van der Waals surface area (Å²) in [4.78, 5) is 10.6. The minimum atomic E-state index is -4.67. The molecule has 0 spiro atoms. The van der Waals surface area contributed by atoms with Crippen molar-refractivity contribution in [1.82, 2.24) is 9.78 Å². The Morgan fingerprint density at radius 3 is 2.44 bits per heavy atom. The lowest BCUT2D eigenvalue weighted by molar-refractivity contribution is -0.141. The highest BCUT2D eigenvalue weighted by atomic mass is 35.5. The minimum Gasteiger partial charge on any atom is -0.298 e. The van der Waals surface area contributed by atoms with E-state index >= 15 is 0 Å². The average molecular weight is 255 g/mol. The molecule has 0 N–H and O–H groups in total. The number of halogens is 4. The van der Waals surface area contributed by atoms with Gasteiger partial charge in [-0.25, -0.2) is 4.68 Å². The summed E-state index contributed by atoms with van der Waals surface area (Å²) in [6.45, 7) is 3.46. The summed E-state index contributed by atoms with van der Waals surface area (Å²) < 4.78 is 38.5. The van der Waals surface area contributed by atoms with Crippen LogP contribution in [0.2, 0.25) is 5.15 Å². The minimum absolute atomic E-state index is 0.0804. The van der Waals surface area contributed by atoms with Crippen LogP contribution in [0.25, 0.3) is 0 Å². The Labute approximate surface area is 95.2 Å². The summed E-state index contributed by atoms with van der Waals surface area (Å²) in [6, 6.07) is -0.290. The van der Waals surface area contributed by atoms with Gasteiger partial charge in [0.2, 0.25) is 0 Å². The number of carbonyl (C=O) groups excluding carboxylic acids is 1. The molecule has 0 aliphatic rings. The van der Waals surface area contributed by atoms with Crippen molar-refractivity contribution in [1.29, 1.82) is 0 Å². The van der Waals surface area contributed by atoms with Crippen LogP contribution in [0.15, 0.2) is 0 Å². The fourth-order valence-corrected chi connectivity index (χ4v) is 1.54. The molecule has 90 valence electrons. The van der Waals surface area contributed by atoms with Crippen LogP contribution < -0.4 is 0 Å². The van der Waals surface area contributed by atoms with E-state index in [4.69, 9.17) is 11.6 Å². The van der Waals surface area contributed by atoms with Crippen molar-refractivity contribution in [3.05, 3.63) is 16.4 Å². The lowest BCUT2D eigenvalue weighted by Crippen LogP contribution is -2.11. The molecule has 1 unspecified atom stereocenters. The maximum Gasteiger partial charge on any atom is 0.435 e. The van der Waals surface area contributed by atoms with Crippen LogP contribution in [0.4, 0.5) is 13.2 Å². The van der Waals surface area contributed by atoms with Crippen LogP contribution in [-0.4, -0.2) is 16.1 Å². The summed E-state index contributed by atoms with van der Waals surface area (Å²) in [7, 11) is 0. The Balaban J connectivity index is 3.37. The summed E-state index contributed by atoms with van der Waals surface area (Å²) in [5, 5.41) is 3.08. The molecule has 0 bridgehead atoms. The molecule has 0 saturated heterocycles. The maximum atomic E-state index is 12.5. The van der Waals surface area contributed by atoms with Crippen LogP contribution in [0, 0.1) is 0 Å². The highest BCUT2D eigenvalue weighted by molar-refractivity contribution is 6.32.